The molecule has 1 spiro atoms. The molecular weight excluding hydrogens is 552 g/mol. The van der Waals surface area contributed by atoms with Crippen molar-refractivity contribution in [2.75, 3.05) is 29.9 Å². The van der Waals surface area contributed by atoms with Gasteiger partial charge in [0, 0.05) is 39.8 Å². The van der Waals surface area contributed by atoms with E-state index in [-0.39, 0.29) is 30.6 Å². The first kappa shape index (κ1) is 24.5. The van der Waals surface area contributed by atoms with Crippen molar-refractivity contribution in [3.05, 3.63) is 70.0 Å². The van der Waals surface area contributed by atoms with Crippen molar-refractivity contribution in [1.29, 1.82) is 0 Å². The fraction of sp³-hybridized carbons (Fsp3) is 0.296. The van der Waals surface area contributed by atoms with Crippen molar-refractivity contribution in [3.63, 3.8) is 0 Å². The number of aromatic nitrogens is 3. The van der Waals surface area contributed by atoms with Crippen molar-refractivity contribution in [2.24, 2.45) is 0 Å². The molecule has 1 fully saturated rings. The van der Waals surface area contributed by atoms with Crippen molar-refractivity contribution in [2.45, 2.75) is 31.2 Å². The number of aryl methyl sites for hydroxylation is 1. The second kappa shape index (κ2) is 9.17. The fourth-order valence-corrected chi connectivity index (χ4v) is 6.35. The van der Waals surface area contributed by atoms with Gasteiger partial charge in [-0.15, -0.1) is 0 Å². The van der Waals surface area contributed by atoms with E-state index >= 15 is 0 Å². The second-order valence-corrected chi connectivity index (χ2v) is 10.7. The summed E-state index contributed by atoms with van der Waals surface area (Å²) in [5.74, 6) is 0.406. The molecule has 2 N–H and O–H groups in total. The highest BCUT2D eigenvalue weighted by Gasteiger charge is 2.55. The number of nitrogens with one attached hydrogen (secondary N) is 2. The van der Waals surface area contributed by atoms with Gasteiger partial charge in [0.2, 0.25) is 11.8 Å². The van der Waals surface area contributed by atoms with Crippen LogP contribution in [0.3, 0.4) is 0 Å². The number of halogens is 1. The molecule has 1 saturated heterocycles. The van der Waals surface area contributed by atoms with Gasteiger partial charge in [-0.2, -0.15) is 5.10 Å². The molecule has 11 heteroatoms. The molecule has 2 aromatic heterocycles. The van der Waals surface area contributed by atoms with Crippen LogP contribution in [-0.2, 0) is 15.0 Å². The Balaban J connectivity index is 1.32. The number of hydrogen-bond donors (Lipinski definition) is 2. The molecule has 2 atom stereocenters. The Morgan fingerprint density at radius 3 is 2.89 bits per heavy atom. The number of ketones is 1. The molecule has 4 aromatic rings. The van der Waals surface area contributed by atoms with Crippen molar-refractivity contribution in [1.82, 2.24) is 20.7 Å². The summed E-state index contributed by atoms with van der Waals surface area (Å²) in [6, 6.07) is 12.1. The molecule has 2 aliphatic rings. The number of amides is 2. The summed E-state index contributed by atoms with van der Waals surface area (Å²) in [5, 5.41) is 15.0. The lowest BCUT2D eigenvalue weighted by atomic mass is 9.70. The Morgan fingerprint density at radius 1 is 1.26 bits per heavy atom. The quantitative estimate of drug-likeness (QED) is 0.348. The zero-order chi connectivity index (χ0) is 26.6. The molecule has 0 radical (unpaired) electrons. The Labute approximate surface area is 226 Å². The van der Waals surface area contributed by atoms with Gasteiger partial charge in [-0.25, -0.2) is 0 Å². The molecule has 2 amide bonds. The van der Waals surface area contributed by atoms with Gasteiger partial charge in [0.25, 0.3) is 0 Å². The van der Waals surface area contributed by atoms with Crippen LogP contribution < -0.4 is 15.1 Å². The minimum absolute atomic E-state index is 0.0794. The van der Waals surface area contributed by atoms with Gasteiger partial charge in [-0.3, -0.25) is 24.4 Å². The third kappa shape index (κ3) is 3.84. The van der Waals surface area contributed by atoms with Crippen LogP contribution in [0.5, 0.6) is 0 Å². The Kier molecular flexibility index (Phi) is 5.92. The highest BCUT2D eigenvalue weighted by molar-refractivity contribution is 9.10. The second-order valence-electron chi connectivity index (χ2n) is 9.85. The summed E-state index contributed by atoms with van der Waals surface area (Å²) < 4.78 is 5.89. The van der Waals surface area contributed by atoms with Gasteiger partial charge < -0.3 is 14.7 Å². The lowest BCUT2D eigenvalue weighted by molar-refractivity contribution is -0.126. The number of benzene rings is 2. The first-order valence-electron chi connectivity index (χ1n) is 12.3. The SMILES string of the molecule is Cc1cc(N(C)C(=O)CN2C(=O)C3(CCN[C@@H](C(=O)c4ccc5[nH]ncc5c4)C3)c3c(Br)cccc32)no1. The van der Waals surface area contributed by atoms with Crippen LogP contribution in [0.25, 0.3) is 10.9 Å². The van der Waals surface area contributed by atoms with E-state index in [2.05, 4.69) is 36.6 Å². The highest BCUT2D eigenvalue weighted by atomic mass is 79.9. The average Bonchev–Trinajstić information content (AvgIpc) is 3.62. The van der Waals surface area contributed by atoms with Crippen LogP contribution in [-0.4, -0.2) is 59.1 Å². The minimum Gasteiger partial charge on any atom is -0.360 e. The van der Waals surface area contributed by atoms with E-state index in [0.717, 1.165) is 20.9 Å². The van der Waals surface area contributed by atoms with E-state index in [9.17, 15) is 14.4 Å². The first-order chi connectivity index (χ1) is 18.3. The summed E-state index contributed by atoms with van der Waals surface area (Å²) >= 11 is 3.66. The van der Waals surface area contributed by atoms with Crippen LogP contribution in [0.1, 0.15) is 34.5 Å². The normalized spacial score (nSPS) is 20.8. The van der Waals surface area contributed by atoms with Gasteiger partial charge in [0.1, 0.15) is 12.3 Å². The van der Waals surface area contributed by atoms with Crippen LogP contribution in [0, 0.1) is 6.92 Å². The van der Waals surface area contributed by atoms with Gasteiger partial charge >= 0.3 is 0 Å². The summed E-state index contributed by atoms with van der Waals surface area (Å²) in [7, 11) is 1.60. The number of piperidine rings is 1. The van der Waals surface area contributed by atoms with Crippen LogP contribution in [0.15, 0.2) is 57.7 Å². The monoisotopic (exact) mass is 576 g/mol. The molecule has 0 saturated carbocycles. The molecule has 4 heterocycles. The molecule has 2 aromatic carbocycles. The summed E-state index contributed by atoms with van der Waals surface area (Å²) in [6.07, 6.45) is 2.48. The molecule has 2 aliphatic heterocycles. The van der Waals surface area contributed by atoms with Crippen molar-refractivity contribution in [3.8, 4) is 0 Å². The smallest absolute Gasteiger partial charge is 0.248 e. The van der Waals surface area contributed by atoms with E-state index in [1.54, 1.807) is 32.3 Å². The van der Waals surface area contributed by atoms with E-state index < -0.39 is 11.5 Å². The number of carbonyl (C=O) groups excluding carboxylic acids is 3. The lowest BCUT2D eigenvalue weighted by Gasteiger charge is -2.37. The zero-order valence-electron chi connectivity index (χ0n) is 20.8. The number of aromatic amines is 1. The maximum Gasteiger partial charge on any atom is 0.248 e. The number of carbonyl (C=O) groups is 3. The number of H-pyrrole nitrogens is 1. The van der Waals surface area contributed by atoms with Gasteiger partial charge in [-0.05, 0) is 56.6 Å². The highest BCUT2D eigenvalue weighted by Crippen LogP contribution is 2.51. The summed E-state index contributed by atoms with van der Waals surface area (Å²) in [5.41, 5.74) is 1.97. The largest absolute Gasteiger partial charge is 0.360 e. The van der Waals surface area contributed by atoms with E-state index in [4.69, 9.17) is 4.52 Å². The number of anilines is 2. The average molecular weight is 577 g/mol. The molecule has 10 nitrogen and oxygen atoms in total. The standard InChI is InChI=1S/C27H25BrN6O4/c1-15-10-22(32-38-15)33(2)23(35)14-34-21-5-3-4-18(28)24(21)27(26(34)37)8-9-29-20(12-27)25(36)16-6-7-19-17(11-16)13-30-31-19/h3-7,10-11,13,20,29H,8-9,12,14H2,1-2H3,(H,30,31)/t20-,27?/m1/s1. The number of nitrogens with zero attached hydrogens (tertiary/aromatic N) is 4. The maximum atomic E-state index is 14.2. The number of Topliss-reactive ketones (excluding diaryl/α,β-unsaturated/α-hetero) is 1. The van der Waals surface area contributed by atoms with Crippen LogP contribution in [0.4, 0.5) is 11.5 Å². The van der Waals surface area contributed by atoms with Crippen molar-refractivity contribution < 1.29 is 18.9 Å². The maximum absolute atomic E-state index is 14.2. The molecule has 6 rings (SSSR count). The number of likely N-dealkylation sites (N-methyl/N-ethyl adjacent to an activating group) is 1. The van der Waals surface area contributed by atoms with Crippen LogP contribution >= 0.6 is 15.9 Å². The summed E-state index contributed by atoms with van der Waals surface area (Å²) in [6.45, 7) is 2.07. The topological polar surface area (TPSA) is 124 Å². The Bertz CT molecular complexity index is 1600. The molecule has 38 heavy (non-hydrogen) atoms. The van der Waals surface area contributed by atoms with Gasteiger partial charge in [0.15, 0.2) is 11.6 Å². The zero-order valence-corrected chi connectivity index (χ0v) is 22.4. The molecule has 0 bridgehead atoms. The minimum atomic E-state index is -0.940. The molecule has 1 unspecified atom stereocenters. The molecular formula is C27H25BrN6O4. The van der Waals surface area contributed by atoms with Crippen molar-refractivity contribution >= 4 is 55.9 Å². The molecule has 194 valence electrons. The van der Waals surface area contributed by atoms with Gasteiger partial charge in [-0.1, -0.05) is 27.2 Å². The lowest BCUT2D eigenvalue weighted by Crippen LogP contribution is -2.54. The Hall–Kier alpha value is -3.83. The third-order valence-corrected chi connectivity index (χ3v) is 8.24. The van der Waals surface area contributed by atoms with E-state index in [1.165, 1.54) is 9.80 Å². The fourth-order valence-electron chi connectivity index (χ4n) is 5.61. The number of fused-ring (bicyclic) bond motifs is 3. The Morgan fingerprint density at radius 2 is 2.11 bits per heavy atom. The number of hydrogen-bond acceptors (Lipinski definition) is 7. The van der Waals surface area contributed by atoms with Crippen LogP contribution in [0.2, 0.25) is 0 Å². The number of rotatable bonds is 5. The first-order valence-corrected chi connectivity index (χ1v) is 13.1. The predicted octanol–water partition coefficient (Wildman–Crippen LogP) is 3.50. The van der Waals surface area contributed by atoms with E-state index in [1.807, 2.05) is 30.3 Å². The van der Waals surface area contributed by atoms with E-state index in [0.29, 0.717) is 35.8 Å². The molecule has 0 aliphatic carbocycles. The summed E-state index contributed by atoms with van der Waals surface area (Å²) in [4.78, 5) is 43.9. The third-order valence-electron chi connectivity index (χ3n) is 7.58. The van der Waals surface area contributed by atoms with Gasteiger partial charge in [0.05, 0.1) is 23.2 Å². The predicted molar refractivity (Wildman–Crippen MR) is 144 cm³/mol.